The molecule has 0 aromatic rings. The van der Waals surface area contributed by atoms with Crippen LogP contribution < -0.4 is 0 Å². The zero-order chi connectivity index (χ0) is 41.1. The van der Waals surface area contributed by atoms with E-state index >= 15 is 0 Å². The van der Waals surface area contributed by atoms with Gasteiger partial charge in [0.15, 0.2) is 18.4 Å². The van der Waals surface area contributed by atoms with Crippen molar-refractivity contribution in [2.75, 3.05) is 34.9 Å². The number of nitrogens with zero attached hydrogens (tertiary/aromatic N) is 4. The van der Waals surface area contributed by atoms with E-state index in [1.54, 1.807) is 14.2 Å². The highest BCUT2D eigenvalue weighted by atomic mass is 16.7. The lowest BCUT2D eigenvalue weighted by Gasteiger charge is -2.45. The second-order valence-corrected chi connectivity index (χ2v) is 17.5. The molecule has 2 saturated carbocycles. The molecule has 3 unspecified atom stereocenters. The molecule has 6 rings (SSSR count). The predicted molar refractivity (Wildman–Crippen MR) is 209 cm³/mol. The van der Waals surface area contributed by atoms with Gasteiger partial charge in [0, 0.05) is 43.6 Å². The molecule has 3 aliphatic heterocycles. The first kappa shape index (κ1) is 44.4. The Morgan fingerprint density at radius 2 is 1.68 bits per heavy atom. The summed E-state index contributed by atoms with van der Waals surface area (Å²) in [6.45, 7) is 10.3. The average molecular weight is 805 g/mol. The molecule has 19 atom stereocenters. The van der Waals surface area contributed by atoms with Gasteiger partial charge in [-0.3, -0.25) is 9.59 Å². The minimum absolute atomic E-state index is 0.0250. The van der Waals surface area contributed by atoms with Gasteiger partial charge >= 0.3 is 5.97 Å². The van der Waals surface area contributed by atoms with E-state index in [2.05, 4.69) is 35.9 Å². The molecule has 0 aromatic carbocycles. The van der Waals surface area contributed by atoms with Crippen molar-refractivity contribution >= 4 is 11.8 Å². The first-order valence-corrected chi connectivity index (χ1v) is 21.5. The average Bonchev–Trinajstić information content (AvgIpc) is 3.76. The van der Waals surface area contributed by atoms with Crippen LogP contribution >= 0.6 is 0 Å². The first-order chi connectivity index (χ1) is 27.3. The summed E-state index contributed by atoms with van der Waals surface area (Å²) in [7, 11) is 7.34. The van der Waals surface area contributed by atoms with Crippen LogP contribution in [0.3, 0.4) is 0 Å². The number of methoxy groups -OCH3 is 2. The zero-order valence-corrected chi connectivity index (χ0v) is 35.4. The third kappa shape index (κ3) is 9.28. The van der Waals surface area contributed by atoms with E-state index in [9.17, 15) is 20.2 Å². The molecule has 0 radical (unpaired) electrons. The Morgan fingerprint density at radius 3 is 2.33 bits per heavy atom. The highest BCUT2D eigenvalue weighted by Gasteiger charge is 2.59. The molecule has 5 fully saturated rings. The van der Waals surface area contributed by atoms with Crippen LogP contribution in [0, 0.1) is 35.5 Å². The first-order valence-electron chi connectivity index (χ1n) is 21.5. The second-order valence-electron chi connectivity index (χ2n) is 17.5. The van der Waals surface area contributed by atoms with Gasteiger partial charge in [0.25, 0.3) is 0 Å². The number of aliphatic hydroxyl groups excluding tert-OH is 1. The fraction of sp³-hybridized carbons (Fsp3) is 0.905. The molecule has 0 amide bonds. The van der Waals surface area contributed by atoms with Gasteiger partial charge in [-0.2, -0.15) is 0 Å². The normalized spacial score (nSPS) is 45.5. The van der Waals surface area contributed by atoms with Gasteiger partial charge in [-0.05, 0) is 121 Å². The molecule has 6 aliphatic rings. The molecule has 0 aromatic heterocycles. The fourth-order valence-electron chi connectivity index (χ4n) is 11.3. The summed E-state index contributed by atoms with van der Waals surface area (Å²) in [6.07, 6.45) is 2.47. The number of rotatable bonds is 11. The quantitative estimate of drug-likeness (QED) is 0.123. The molecule has 3 heterocycles. The Labute approximate surface area is 338 Å². The van der Waals surface area contributed by atoms with Crippen molar-refractivity contribution < 1.29 is 52.6 Å². The van der Waals surface area contributed by atoms with Gasteiger partial charge in [0.05, 0.1) is 43.0 Å². The number of ether oxygens (including phenoxy) is 8. The van der Waals surface area contributed by atoms with Crippen LogP contribution in [0.15, 0.2) is 16.8 Å². The number of likely N-dealkylation sites (N-methyl/N-ethyl adjacent to an activating group) is 1. The van der Waals surface area contributed by atoms with Crippen molar-refractivity contribution in [3.8, 4) is 0 Å². The summed E-state index contributed by atoms with van der Waals surface area (Å²) < 4.78 is 49.9. The Hall–Kier alpha value is -2.17. The smallest absolute Gasteiger partial charge is 0.306 e. The van der Waals surface area contributed by atoms with E-state index in [0.29, 0.717) is 44.3 Å². The van der Waals surface area contributed by atoms with Crippen LogP contribution in [-0.4, -0.2) is 136 Å². The number of ketones is 1. The maximum atomic E-state index is 14.9. The van der Waals surface area contributed by atoms with Crippen molar-refractivity contribution in [2.24, 2.45) is 40.6 Å². The van der Waals surface area contributed by atoms with Crippen molar-refractivity contribution in [1.82, 2.24) is 4.90 Å². The number of aliphatic hydroxyl groups is 1. The number of fused-ring (bicyclic) bond motifs is 5. The van der Waals surface area contributed by atoms with E-state index in [1.165, 1.54) is 0 Å². The van der Waals surface area contributed by atoms with E-state index in [0.717, 1.165) is 19.3 Å². The van der Waals surface area contributed by atoms with Gasteiger partial charge in [0.2, 0.25) is 0 Å². The number of cyclic esters (lactones) is 1. The number of carbonyl (C=O) groups excluding carboxylic acids is 2. The summed E-state index contributed by atoms with van der Waals surface area (Å²) >= 11 is 0. The van der Waals surface area contributed by atoms with Crippen LogP contribution in [0.25, 0.3) is 10.4 Å². The SMILES string of the molecule is CCOC1[C@@H](OC)C(C)O[C@@H](O[C@@H]2C[C@H]3[C@@H](O)[C@H](N=[N+]=[N-])[C@@H]4[C@@H](C=C5C(=O)[C@H](C)[C@@H](O[C@H]6CC[C@H](N(C)C)C(C)O6)CCC[C@H](CC)OC(=O)C[C@H]54)[C@@H]3C2)[C@H]1OC. The molecule has 1 N–H and O–H groups in total. The number of allylic oxidation sites excluding steroid dienone is 2. The number of carbonyl (C=O) groups is 2. The van der Waals surface area contributed by atoms with Gasteiger partial charge in [-0.1, -0.05) is 25.0 Å². The maximum Gasteiger partial charge on any atom is 0.306 e. The summed E-state index contributed by atoms with van der Waals surface area (Å²) in [5.41, 5.74) is 10.4. The third-order valence-electron chi connectivity index (χ3n) is 14.1. The summed E-state index contributed by atoms with van der Waals surface area (Å²) in [5, 5.41) is 16.3. The molecule has 0 bridgehead atoms. The number of Topliss-reactive ketones (excluding diaryl/α,β-unsaturated/α-hetero) is 1. The van der Waals surface area contributed by atoms with Gasteiger partial charge in [0.1, 0.15) is 24.4 Å². The molecule has 57 heavy (non-hydrogen) atoms. The van der Waals surface area contributed by atoms with Gasteiger partial charge in [-0.25, -0.2) is 0 Å². The Morgan fingerprint density at radius 1 is 0.947 bits per heavy atom. The van der Waals surface area contributed by atoms with Gasteiger partial charge in [-0.15, -0.1) is 0 Å². The number of hydrogen-bond acceptors (Lipinski definition) is 13. The molecule has 3 saturated heterocycles. The molecular formula is C42H68N4O11. The molecule has 322 valence electrons. The minimum atomic E-state index is -1.01. The third-order valence-corrected chi connectivity index (χ3v) is 14.1. The topological polar surface area (TPSA) is 180 Å². The van der Waals surface area contributed by atoms with Crippen molar-refractivity contribution in [3.05, 3.63) is 22.1 Å². The lowest BCUT2D eigenvalue weighted by molar-refractivity contribution is -0.317. The number of esters is 1. The van der Waals surface area contributed by atoms with E-state index < -0.39 is 60.8 Å². The van der Waals surface area contributed by atoms with Crippen LogP contribution in [0.2, 0.25) is 0 Å². The van der Waals surface area contributed by atoms with Crippen LogP contribution in [0.5, 0.6) is 0 Å². The Balaban J connectivity index is 1.29. The Bertz CT molecular complexity index is 1460. The predicted octanol–water partition coefficient (Wildman–Crippen LogP) is 5.36. The second kappa shape index (κ2) is 19.5. The highest BCUT2D eigenvalue weighted by Crippen LogP contribution is 2.58. The summed E-state index contributed by atoms with van der Waals surface area (Å²) in [6, 6.07) is -0.576. The summed E-state index contributed by atoms with van der Waals surface area (Å²) in [5.74, 6) is -2.72. The maximum absolute atomic E-state index is 14.9. The van der Waals surface area contributed by atoms with Crippen molar-refractivity contribution in [3.63, 3.8) is 0 Å². The Kier molecular flexibility index (Phi) is 15.2. The molecule has 15 nitrogen and oxygen atoms in total. The largest absolute Gasteiger partial charge is 0.462 e. The number of hydrogen-bond donors (Lipinski definition) is 1. The fourth-order valence-corrected chi connectivity index (χ4v) is 11.3. The van der Waals surface area contributed by atoms with E-state index in [-0.39, 0.29) is 72.5 Å². The number of azide groups is 1. The molecule has 3 aliphatic carbocycles. The highest BCUT2D eigenvalue weighted by molar-refractivity contribution is 5.99. The zero-order valence-electron chi connectivity index (χ0n) is 35.4. The molecular weight excluding hydrogens is 736 g/mol. The van der Waals surface area contributed by atoms with Crippen LogP contribution in [0.1, 0.15) is 92.4 Å². The molecule has 15 heteroatoms. The molecule has 0 spiro atoms. The van der Waals surface area contributed by atoms with Crippen LogP contribution in [0.4, 0.5) is 0 Å². The summed E-state index contributed by atoms with van der Waals surface area (Å²) in [4.78, 5) is 34.0. The van der Waals surface area contributed by atoms with E-state index in [4.69, 9.17) is 37.9 Å². The van der Waals surface area contributed by atoms with Crippen molar-refractivity contribution in [2.45, 2.75) is 172 Å². The standard InChI is InChI=1S/C42H68N4O11/c1-10-24-13-12-14-32(57-34-16-15-31(46(6)7)22(4)53-34)21(3)37(48)30-19-27-26-17-25(56-42-41(51-9)40(52-11-2)39(50-8)23(5)54-42)18-29(26)38(49)36(44-45-43)35(27)28(30)20-33(47)55-24/h19,21-29,31-32,34-36,38-42,49H,10-18,20H2,1-9H3/t21-,22?,23?,24+,25+,26+,27+,28-,29-,31+,32+,34+,35-,36-,38-,39+,40?,41+,42+/m1/s1. The minimum Gasteiger partial charge on any atom is -0.462 e. The lowest BCUT2D eigenvalue weighted by atomic mass is 9.62. The van der Waals surface area contributed by atoms with Crippen molar-refractivity contribution in [1.29, 1.82) is 0 Å². The van der Waals surface area contributed by atoms with E-state index in [1.807, 2.05) is 33.8 Å². The van der Waals surface area contributed by atoms with Crippen LogP contribution in [-0.2, 0) is 47.5 Å². The van der Waals surface area contributed by atoms with Gasteiger partial charge < -0.3 is 47.9 Å². The monoisotopic (exact) mass is 804 g/mol. The lowest BCUT2D eigenvalue weighted by Crippen LogP contribution is -2.60.